The van der Waals surface area contributed by atoms with E-state index in [1.807, 2.05) is 63.2 Å². The van der Waals surface area contributed by atoms with Gasteiger partial charge in [0.05, 0.1) is 51.4 Å². The number of carbonyl (C=O) groups excluding carboxylic acids is 2. The molecule has 300 valence electrons. The molecule has 1 fully saturated rings. The van der Waals surface area contributed by atoms with Gasteiger partial charge in [-0.25, -0.2) is 31.9 Å². The molecule has 2 amide bonds. The molecule has 6 aromatic rings. The number of carbonyl (C=O) groups is 2. The lowest BCUT2D eigenvalue weighted by atomic mass is 9.90. The number of nitrogens with zero attached hydrogens (tertiary/aromatic N) is 5. The number of amides is 2. The molecule has 13 nitrogen and oxygen atoms in total. The molecule has 1 saturated carbocycles. The number of anilines is 2. The van der Waals surface area contributed by atoms with Gasteiger partial charge in [0.2, 0.25) is 5.95 Å². The summed E-state index contributed by atoms with van der Waals surface area (Å²) in [7, 11) is -3.93. The number of halogens is 1. The summed E-state index contributed by atoms with van der Waals surface area (Å²) >= 11 is 6.71. The third-order valence-electron chi connectivity index (χ3n) is 9.64. The number of aromatic nitrogens is 4. The number of pyridine rings is 1. The zero-order valence-corrected chi connectivity index (χ0v) is 33.9. The highest BCUT2D eigenvalue weighted by molar-refractivity contribution is 7.90. The lowest BCUT2D eigenvalue weighted by Crippen LogP contribution is -2.47. The Balaban J connectivity index is 1.07. The van der Waals surface area contributed by atoms with E-state index in [0.29, 0.717) is 45.9 Å². The Bertz CT molecular complexity index is 2490. The van der Waals surface area contributed by atoms with E-state index in [-0.39, 0.29) is 35.2 Å². The van der Waals surface area contributed by atoms with E-state index in [4.69, 9.17) is 26.1 Å². The highest BCUT2D eigenvalue weighted by Crippen LogP contribution is 2.36. The van der Waals surface area contributed by atoms with E-state index in [9.17, 15) is 18.0 Å². The van der Waals surface area contributed by atoms with Gasteiger partial charge >= 0.3 is 12.2 Å². The largest absolute Gasteiger partial charge is 0.444 e. The Morgan fingerprint density at radius 1 is 0.914 bits per heavy atom. The first-order valence-corrected chi connectivity index (χ1v) is 20.8. The van der Waals surface area contributed by atoms with Crippen LogP contribution in [0.4, 0.5) is 21.2 Å². The zero-order valence-electron chi connectivity index (χ0n) is 32.3. The average molecular weight is 822 g/mol. The number of hydrogen-bond acceptors (Lipinski definition) is 10. The second-order valence-electron chi connectivity index (χ2n) is 15.1. The summed E-state index contributed by atoms with van der Waals surface area (Å²) in [6.45, 7) is 5.80. The van der Waals surface area contributed by atoms with E-state index in [1.54, 1.807) is 65.7 Å². The van der Waals surface area contributed by atoms with Crippen LogP contribution >= 0.6 is 11.6 Å². The minimum absolute atomic E-state index is 0.112. The van der Waals surface area contributed by atoms with Gasteiger partial charge in [-0.15, -0.1) is 0 Å². The molecule has 2 N–H and O–H groups in total. The zero-order chi connectivity index (χ0) is 40.9. The maximum absolute atomic E-state index is 13.8. The molecule has 0 radical (unpaired) electrons. The van der Waals surface area contributed by atoms with E-state index < -0.39 is 27.8 Å². The fourth-order valence-corrected chi connectivity index (χ4v) is 8.52. The van der Waals surface area contributed by atoms with Crippen molar-refractivity contribution in [1.82, 2.24) is 23.8 Å². The van der Waals surface area contributed by atoms with Gasteiger partial charge in [0.15, 0.2) is 0 Å². The van der Waals surface area contributed by atoms with Gasteiger partial charge in [-0.3, -0.25) is 15.2 Å². The van der Waals surface area contributed by atoms with Gasteiger partial charge in [0.25, 0.3) is 10.0 Å². The van der Waals surface area contributed by atoms with Gasteiger partial charge in [-0.2, -0.15) is 0 Å². The van der Waals surface area contributed by atoms with Crippen LogP contribution < -0.4 is 10.6 Å². The van der Waals surface area contributed by atoms with Gasteiger partial charge in [0, 0.05) is 29.2 Å². The highest BCUT2D eigenvalue weighted by Gasteiger charge is 2.33. The molecule has 58 heavy (non-hydrogen) atoms. The van der Waals surface area contributed by atoms with Crippen LogP contribution in [0, 0.1) is 0 Å². The number of ether oxygens (including phenoxy) is 2. The molecule has 1 aliphatic rings. The molecule has 0 spiro atoms. The molecule has 7 rings (SSSR count). The normalized spacial score (nSPS) is 15.7. The van der Waals surface area contributed by atoms with Crippen LogP contribution in [-0.4, -0.2) is 62.1 Å². The molecule has 2 atom stereocenters. The van der Waals surface area contributed by atoms with Crippen LogP contribution in [0.1, 0.15) is 57.7 Å². The molecule has 15 heteroatoms. The topological polar surface area (TPSA) is 158 Å². The Labute approximate surface area is 342 Å². The van der Waals surface area contributed by atoms with E-state index in [1.165, 1.54) is 16.4 Å². The molecule has 3 aromatic heterocycles. The molecule has 0 bridgehead atoms. The summed E-state index contributed by atoms with van der Waals surface area (Å²) in [5, 5.41) is 7.08. The fraction of sp³-hybridized carbons (Fsp3) is 0.279. The van der Waals surface area contributed by atoms with Crippen molar-refractivity contribution < 1.29 is 27.5 Å². The maximum Gasteiger partial charge on any atom is 0.412 e. The molecule has 1 aliphatic carbocycles. The van der Waals surface area contributed by atoms with E-state index in [2.05, 4.69) is 20.6 Å². The molecule has 3 aromatic carbocycles. The summed E-state index contributed by atoms with van der Waals surface area (Å²) in [5.74, 6) is 0.323. The molecule has 2 unspecified atom stereocenters. The van der Waals surface area contributed by atoms with Crippen molar-refractivity contribution in [1.29, 1.82) is 0 Å². The minimum Gasteiger partial charge on any atom is -0.444 e. The maximum atomic E-state index is 13.8. The smallest absolute Gasteiger partial charge is 0.412 e. The van der Waals surface area contributed by atoms with Crippen LogP contribution in [0.15, 0.2) is 121 Å². The van der Waals surface area contributed by atoms with Crippen LogP contribution in [0.5, 0.6) is 0 Å². The molecule has 0 saturated heterocycles. The second-order valence-corrected chi connectivity index (χ2v) is 17.3. The van der Waals surface area contributed by atoms with Crippen LogP contribution in [0.3, 0.4) is 0 Å². The first-order chi connectivity index (χ1) is 27.8. The predicted octanol–water partition coefficient (Wildman–Crippen LogP) is 9.29. The van der Waals surface area contributed by atoms with Crippen molar-refractivity contribution in [2.75, 3.05) is 10.6 Å². The van der Waals surface area contributed by atoms with Gasteiger partial charge in [-0.1, -0.05) is 78.3 Å². The van der Waals surface area contributed by atoms with Gasteiger partial charge in [0.1, 0.15) is 12.2 Å². The van der Waals surface area contributed by atoms with Crippen molar-refractivity contribution in [3.05, 3.63) is 132 Å². The number of rotatable bonds is 11. The summed E-state index contributed by atoms with van der Waals surface area (Å²) < 4.78 is 40.0. The van der Waals surface area contributed by atoms with Crippen molar-refractivity contribution in [3.8, 4) is 11.3 Å². The highest BCUT2D eigenvalue weighted by atomic mass is 35.5. The van der Waals surface area contributed by atoms with Crippen LogP contribution in [0.25, 0.3) is 22.2 Å². The molecular formula is C43H44ClN7O6S. The van der Waals surface area contributed by atoms with E-state index >= 15 is 0 Å². The summed E-state index contributed by atoms with van der Waals surface area (Å²) in [6.07, 6.45) is 6.45. The third-order valence-corrected chi connectivity index (χ3v) is 11.6. The number of para-hydroxylation sites is 1. The summed E-state index contributed by atoms with van der Waals surface area (Å²) in [4.78, 5) is 41.9. The van der Waals surface area contributed by atoms with Crippen molar-refractivity contribution in [3.63, 3.8) is 0 Å². The first-order valence-electron chi connectivity index (χ1n) is 19.0. The molecule has 0 aliphatic heterocycles. The Morgan fingerprint density at radius 3 is 2.36 bits per heavy atom. The molecular weight excluding hydrogens is 778 g/mol. The van der Waals surface area contributed by atoms with Gasteiger partial charge in [-0.05, 0) is 82.3 Å². The minimum atomic E-state index is -3.93. The SMILES string of the molecule is CC(C)(C)OC(=O)N(Cc1ccc(NC(=O)OCc2ccccc2)cn1)C1CCCC(Nc2ncc(Cl)c(-c3cn(S(=O)(=O)c4ccccc4)c4ccccc34)n2)C1. The lowest BCUT2D eigenvalue weighted by Gasteiger charge is -2.38. The first kappa shape index (κ1) is 40.2. The third kappa shape index (κ3) is 9.57. The molecule has 3 heterocycles. The summed E-state index contributed by atoms with van der Waals surface area (Å²) in [5.41, 5.74) is 2.64. The number of fused-ring (bicyclic) bond motifs is 1. The van der Waals surface area contributed by atoms with E-state index in [0.717, 1.165) is 24.8 Å². The predicted molar refractivity (Wildman–Crippen MR) is 223 cm³/mol. The van der Waals surface area contributed by atoms with Crippen molar-refractivity contribution in [2.45, 2.75) is 82.2 Å². The summed E-state index contributed by atoms with van der Waals surface area (Å²) in [6, 6.07) is 28.0. The number of nitrogens with one attached hydrogen (secondary N) is 2. The monoisotopic (exact) mass is 821 g/mol. The van der Waals surface area contributed by atoms with Gasteiger partial charge < -0.3 is 14.8 Å². The van der Waals surface area contributed by atoms with Crippen molar-refractivity contribution >= 4 is 56.3 Å². The number of benzene rings is 3. The Kier molecular flexibility index (Phi) is 12.0. The average Bonchev–Trinajstić information content (AvgIpc) is 3.61. The van der Waals surface area contributed by atoms with Crippen molar-refractivity contribution in [2.24, 2.45) is 0 Å². The number of hydrogen-bond donors (Lipinski definition) is 2. The van der Waals surface area contributed by atoms with Crippen LogP contribution in [0.2, 0.25) is 5.02 Å². The fourth-order valence-electron chi connectivity index (χ4n) is 6.94. The lowest BCUT2D eigenvalue weighted by molar-refractivity contribution is 0.00906. The standard InChI is InChI=1S/C43H44ClN7O6S/c1-43(2,3)57-42(53)50(26-32-22-21-31(24-45-32)48-41(52)56-28-29-13-6-4-7-14-29)33-16-12-15-30(23-33)47-40-46-25-37(44)39(49-40)36-27-51(38-20-11-10-19-35(36)38)58(54,55)34-17-8-5-9-18-34/h4-11,13-14,17-22,24-25,27,30,33H,12,15-16,23,26,28H2,1-3H3,(H,48,52)(H,46,47,49). The second kappa shape index (κ2) is 17.2. The Hall–Kier alpha value is -5.99. The van der Waals surface area contributed by atoms with Crippen LogP contribution in [-0.2, 0) is 32.6 Å². The quantitative estimate of drug-likeness (QED) is 0.129. The Morgan fingerprint density at radius 2 is 1.64 bits per heavy atom.